The van der Waals surface area contributed by atoms with Crippen LogP contribution < -0.4 is 5.32 Å². The molecular weight excluding hydrogens is 356 g/mol. The largest absolute Gasteiger partial charge is 0.449 e. The van der Waals surface area contributed by atoms with Crippen molar-refractivity contribution in [2.24, 2.45) is 0 Å². The van der Waals surface area contributed by atoms with Gasteiger partial charge in [-0.15, -0.1) is 0 Å². The number of esters is 1. The number of ether oxygens (including phenoxy) is 1. The predicted octanol–water partition coefficient (Wildman–Crippen LogP) is 3.99. The molecule has 2 aromatic carbocycles. The van der Waals surface area contributed by atoms with Crippen LogP contribution in [0.2, 0.25) is 10.0 Å². The van der Waals surface area contributed by atoms with Gasteiger partial charge in [-0.3, -0.25) is 4.79 Å². The quantitative estimate of drug-likeness (QED) is 0.810. The van der Waals surface area contributed by atoms with E-state index in [1.807, 2.05) is 0 Å². The standard InChI is InChI=1S/C17H14Cl2FNO3/c1-10(16(22)21-9-11-2-5-13(20)6-3-11)24-17(23)14-7-4-12(18)8-15(14)19/h2-8,10H,9H2,1H3,(H,21,22)/t10-/m1/s1. The van der Waals surface area contributed by atoms with E-state index in [0.717, 1.165) is 5.56 Å². The van der Waals surface area contributed by atoms with E-state index in [4.69, 9.17) is 27.9 Å². The van der Waals surface area contributed by atoms with Crippen LogP contribution in [0, 0.1) is 5.82 Å². The van der Waals surface area contributed by atoms with E-state index < -0.39 is 18.0 Å². The highest BCUT2D eigenvalue weighted by Crippen LogP contribution is 2.22. The molecule has 1 N–H and O–H groups in total. The maximum Gasteiger partial charge on any atom is 0.340 e. The van der Waals surface area contributed by atoms with Gasteiger partial charge in [0.25, 0.3) is 5.91 Å². The molecule has 1 atom stereocenters. The van der Waals surface area contributed by atoms with E-state index in [1.54, 1.807) is 12.1 Å². The number of nitrogens with one attached hydrogen (secondary N) is 1. The number of rotatable bonds is 5. The Morgan fingerprint density at radius 3 is 2.46 bits per heavy atom. The third kappa shape index (κ3) is 4.94. The Kier molecular flexibility index (Phi) is 6.17. The van der Waals surface area contributed by atoms with Crippen LogP contribution in [-0.4, -0.2) is 18.0 Å². The van der Waals surface area contributed by atoms with Crippen LogP contribution in [0.4, 0.5) is 4.39 Å². The van der Waals surface area contributed by atoms with E-state index in [-0.39, 0.29) is 22.9 Å². The molecule has 1 amide bonds. The van der Waals surface area contributed by atoms with Crippen molar-refractivity contribution in [1.82, 2.24) is 5.32 Å². The zero-order valence-electron chi connectivity index (χ0n) is 12.7. The predicted molar refractivity (Wildman–Crippen MR) is 89.6 cm³/mol. The second kappa shape index (κ2) is 8.13. The van der Waals surface area contributed by atoms with E-state index >= 15 is 0 Å². The molecule has 0 spiro atoms. The molecule has 0 bridgehead atoms. The van der Waals surface area contributed by atoms with Crippen molar-refractivity contribution in [1.29, 1.82) is 0 Å². The normalized spacial score (nSPS) is 11.7. The minimum atomic E-state index is -1.01. The van der Waals surface area contributed by atoms with Gasteiger partial charge in [0.1, 0.15) is 5.82 Å². The molecule has 0 unspecified atom stereocenters. The van der Waals surface area contributed by atoms with Crippen molar-refractivity contribution >= 4 is 35.1 Å². The molecule has 24 heavy (non-hydrogen) atoms. The third-order valence-electron chi connectivity index (χ3n) is 3.18. The fraction of sp³-hybridized carbons (Fsp3) is 0.176. The number of hydrogen-bond donors (Lipinski definition) is 1. The molecule has 2 rings (SSSR count). The van der Waals surface area contributed by atoms with Crippen LogP contribution in [0.5, 0.6) is 0 Å². The summed E-state index contributed by atoms with van der Waals surface area (Å²) in [6.07, 6.45) is -1.01. The lowest BCUT2D eigenvalue weighted by Gasteiger charge is -2.14. The lowest BCUT2D eigenvalue weighted by atomic mass is 10.2. The van der Waals surface area contributed by atoms with Crippen molar-refractivity contribution in [3.8, 4) is 0 Å². The topological polar surface area (TPSA) is 55.4 Å². The fourth-order valence-electron chi connectivity index (χ4n) is 1.87. The smallest absolute Gasteiger partial charge is 0.340 e. The second-order valence-electron chi connectivity index (χ2n) is 5.02. The zero-order chi connectivity index (χ0) is 17.7. The highest BCUT2D eigenvalue weighted by Gasteiger charge is 2.20. The first-order valence-electron chi connectivity index (χ1n) is 7.05. The van der Waals surface area contributed by atoms with E-state index in [0.29, 0.717) is 5.02 Å². The SMILES string of the molecule is C[C@@H](OC(=O)c1ccc(Cl)cc1Cl)C(=O)NCc1ccc(F)cc1. The summed E-state index contributed by atoms with van der Waals surface area (Å²) < 4.78 is 17.9. The number of benzene rings is 2. The van der Waals surface area contributed by atoms with Gasteiger partial charge in [0.05, 0.1) is 10.6 Å². The maximum atomic E-state index is 12.8. The molecule has 0 fully saturated rings. The van der Waals surface area contributed by atoms with Gasteiger partial charge in [-0.2, -0.15) is 0 Å². The molecule has 0 radical (unpaired) electrons. The Labute approximate surface area is 148 Å². The number of carbonyl (C=O) groups excluding carboxylic acids is 2. The second-order valence-corrected chi connectivity index (χ2v) is 5.86. The molecule has 0 aliphatic heterocycles. The van der Waals surface area contributed by atoms with E-state index in [9.17, 15) is 14.0 Å². The van der Waals surface area contributed by atoms with Crippen LogP contribution in [0.1, 0.15) is 22.8 Å². The minimum absolute atomic E-state index is 0.124. The Bertz CT molecular complexity index is 750. The van der Waals surface area contributed by atoms with Gasteiger partial charge < -0.3 is 10.1 Å². The lowest BCUT2D eigenvalue weighted by Crippen LogP contribution is -2.35. The summed E-state index contributed by atoms with van der Waals surface area (Å²) >= 11 is 11.7. The van der Waals surface area contributed by atoms with Gasteiger partial charge in [-0.1, -0.05) is 35.3 Å². The molecule has 0 aliphatic rings. The maximum absolute atomic E-state index is 12.8. The van der Waals surface area contributed by atoms with Crippen LogP contribution >= 0.6 is 23.2 Å². The highest BCUT2D eigenvalue weighted by molar-refractivity contribution is 6.36. The van der Waals surface area contributed by atoms with Gasteiger partial charge in [-0.05, 0) is 42.8 Å². The molecule has 126 valence electrons. The first-order chi connectivity index (χ1) is 11.4. The van der Waals surface area contributed by atoms with E-state index in [1.165, 1.54) is 37.3 Å². The van der Waals surface area contributed by atoms with Crippen LogP contribution in [0.15, 0.2) is 42.5 Å². The first-order valence-corrected chi connectivity index (χ1v) is 7.80. The summed E-state index contributed by atoms with van der Waals surface area (Å²) in [4.78, 5) is 24.0. The molecule has 0 aliphatic carbocycles. The van der Waals surface area contributed by atoms with Crippen molar-refractivity contribution in [2.75, 3.05) is 0 Å². The molecule has 0 heterocycles. The number of amides is 1. The number of carbonyl (C=O) groups is 2. The average molecular weight is 370 g/mol. The average Bonchev–Trinajstić information content (AvgIpc) is 2.53. The lowest BCUT2D eigenvalue weighted by molar-refractivity contribution is -0.129. The number of hydrogen-bond acceptors (Lipinski definition) is 3. The van der Waals surface area contributed by atoms with Gasteiger partial charge in [-0.25, -0.2) is 9.18 Å². The van der Waals surface area contributed by atoms with Gasteiger partial charge in [0, 0.05) is 11.6 Å². The third-order valence-corrected chi connectivity index (χ3v) is 3.73. The minimum Gasteiger partial charge on any atom is -0.449 e. The molecule has 4 nitrogen and oxygen atoms in total. The van der Waals surface area contributed by atoms with Crippen LogP contribution in [0.3, 0.4) is 0 Å². The van der Waals surface area contributed by atoms with Crippen LogP contribution in [0.25, 0.3) is 0 Å². The molecular formula is C17H14Cl2FNO3. The summed E-state index contributed by atoms with van der Waals surface area (Å²) in [5, 5.41) is 3.14. The monoisotopic (exact) mass is 369 g/mol. The first kappa shape index (κ1) is 18.2. The van der Waals surface area contributed by atoms with Crippen molar-refractivity contribution in [3.05, 3.63) is 69.5 Å². The Balaban J connectivity index is 1.90. The molecule has 0 saturated carbocycles. The highest BCUT2D eigenvalue weighted by atomic mass is 35.5. The summed E-state index contributed by atoms with van der Waals surface area (Å²) in [6.45, 7) is 1.64. The Morgan fingerprint density at radius 2 is 1.83 bits per heavy atom. The Hall–Kier alpha value is -2.11. The van der Waals surface area contributed by atoms with Crippen molar-refractivity contribution < 1.29 is 18.7 Å². The van der Waals surface area contributed by atoms with Gasteiger partial charge >= 0.3 is 5.97 Å². The summed E-state index contributed by atoms with van der Waals surface area (Å²) in [6, 6.07) is 10.1. The van der Waals surface area contributed by atoms with Gasteiger partial charge in [0.15, 0.2) is 6.10 Å². The van der Waals surface area contributed by atoms with Crippen molar-refractivity contribution in [2.45, 2.75) is 19.6 Å². The summed E-state index contributed by atoms with van der Waals surface area (Å²) in [5.41, 5.74) is 0.850. The Morgan fingerprint density at radius 1 is 1.17 bits per heavy atom. The number of halogens is 3. The summed E-state index contributed by atoms with van der Waals surface area (Å²) in [7, 11) is 0. The molecule has 0 saturated heterocycles. The zero-order valence-corrected chi connectivity index (χ0v) is 14.2. The van der Waals surface area contributed by atoms with Crippen LogP contribution in [-0.2, 0) is 16.1 Å². The van der Waals surface area contributed by atoms with E-state index in [2.05, 4.69) is 5.32 Å². The molecule has 0 aromatic heterocycles. The summed E-state index contributed by atoms with van der Waals surface area (Å²) in [5.74, 6) is -1.55. The molecule has 2 aromatic rings. The van der Waals surface area contributed by atoms with Crippen molar-refractivity contribution in [3.63, 3.8) is 0 Å². The molecule has 7 heteroatoms. The fourth-order valence-corrected chi connectivity index (χ4v) is 2.35. The van der Waals surface area contributed by atoms with Gasteiger partial charge in [0.2, 0.25) is 0 Å².